The number of hydrogen-bond acceptors (Lipinski definition) is 2. The van der Waals surface area contributed by atoms with Crippen LogP contribution in [0.5, 0.6) is 0 Å². The maximum Gasteiger partial charge on any atom is 0.163 e. The molecule has 1 rings (SSSR count). The zero-order chi connectivity index (χ0) is 10.8. The van der Waals surface area contributed by atoms with E-state index in [9.17, 15) is 5.11 Å². The van der Waals surface area contributed by atoms with Gasteiger partial charge in [0.25, 0.3) is 0 Å². The Morgan fingerprint density at radius 1 is 1.71 bits per heavy atom. The molecule has 1 aliphatic rings. The number of aliphatic hydroxyl groups is 1. The van der Waals surface area contributed by atoms with Gasteiger partial charge in [-0.25, -0.2) is 0 Å². The van der Waals surface area contributed by atoms with Gasteiger partial charge in [0.2, 0.25) is 0 Å². The first-order valence-corrected chi connectivity index (χ1v) is 5.53. The van der Waals surface area contributed by atoms with E-state index in [2.05, 4.69) is 20.4 Å². The Balaban J connectivity index is 2.69. The van der Waals surface area contributed by atoms with Gasteiger partial charge in [0.05, 0.1) is 6.10 Å². The summed E-state index contributed by atoms with van der Waals surface area (Å²) >= 11 is 0. The Morgan fingerprint density at radius 2 is 2.36 bits per heavy atom. The van der Waals surface area contributed by atoms with Gasteiger partial charge >= 0.3 is 0 Å². The quantitative estimate of drug-likeness (QED) is 0.706. The zero-order valence-corrected chi connectivity index (χ0v) is 9.49. The average Bonchev–Trinajstić information content (AvgIpc) is 2.13. The van der Waals surface area contributed by atoms with Crippen LogP contribution in [-0.2, 0) is 4.74 Å². The minimum absolute atomic E-state index is 0.126. The third-order valence-electron chi connectivity index (χ3n) is 3.21. The van der Waals surface area contributed by atoms with E-state index in [-0.39, 0.29) is 6.10 Å². The average molecular weight is 198 g/mol. The van der Waals surface area contributed by atoms with Crippen LogP contribution >= 0.6 is 0 Å². The predicted molar refractivity (Wildman–Crippen MR) is 57.9 cm³/mol. The molecule has 1 aliphatic heterocycles. The highest BCUT2D eigenvalue weighted by Crippen LogP contribution is 2.35. The molecule has 0 aliphatic carbocycles. The Bertz CT molecular complexity index is 198. The van der Waals surface area contributed by atoms with Crippen molar-refractivity contribution in [2.45, 2.75) is 51.9 Å². The summed E-state index contributed by atoms with van der Waals surface area (Å²) in [4.78, 5) is 0. The summed E-state index contributed by atoms with van der Waals surface area (Å²) < 4.78 is 5.71. The van der Waals surface area contributed by atoms with Gasteiger partial charge < -0.3 is 9.84 Å². The second-order valence-electron chi connectivity index (χ2n) is 4.58. The molecule has 0 saturated carbocycles. The molecule has 0 amide bonds. The minimum Gasteiger partial charge on any atom is -0.366 e. The van der Waals surface area contributed by atoms with Gasteiger partial charge in [0.15, 0.2) is 5.79 Å². The van der Waals surface area contributed by atoms with Crippen molar-refractivity contribution in [2.24, 2.45) is 11.8 Å². The van der Waals surface area contributed by atoms with Gasteiger partial charge in [-0.1, -0.05) is 19.9 Å². The first-order valence-electron chi connectivity index (χ1n) is 5.53. The number of rotatable bonds is 3. The van der Waals surface area contributed by atoms with Crippen molar-refractivity contribution in [3.63, 3.8) is 0 Å². The smallest absolute Gasteiger partial charge is 0.163 e. The van der Waals surface area contributed by atoms with Crippen molar-refractivity contribution in [1.82, 2.24) is 0 Å². The molecule has 82 valence electrons. The molecule has 0 radical (unpaired) electrons. The summed E-state index contributed by atoms with van der Waals surface area (Å²) in [6, 6.07) is 0. The molecule has 0 aromatic rings. The highest BCUT2D eigenvalue weighted by molar-refractivity contribution is 4.90. The molecule has 1 saturated heterocycles. The fraction of sp³-hybridized carbons (Fsp3) is 0.833. The van der Waals surface area contributed by atoms with Crippen LogP contribution in [0.3, 0.4) is 0 Å². The molecule has 0 spiro atoms. The fourth-order valence-electron chi connectivity index (χ4n) is 2.17. The summed E-state index contributed by atoms with van der Waals surface area (Å²) in [5.74, 6) is -0.0666. The third kappa shape index (κ3) is 2.58. The van der Waals surface area contributed by atoms with Gasteiger partial charge in [-0.2, -0.15) is 0 Å². The van der Waals surface area contributed by atoms with E-state index in [1.165, 1.54) is 0 Å². The normalized spacial score (nSPS) is 40.6. The Kier molecular flexibility index (Phi) is 3.73. The molecule has 14 heavy (non-hydrogen) atoms. The molecule has 1 unspecified atom stereocenters. The standard InChI is InChI=1S/C12H22O2/c1-5-10(6-2)11-9(3)7-8-12(4,13)14-11/h5,9-11,13H,1,6-8H2,2-4H3/t9-,10+,11-,12?/m1/s1. The summed E-state index contributed by atoms with van der Waals surface area (Å²) in [7, 11) is 0. The van der Waals surface area contributed by atoms with Crippen LogP contribution in [0, 0.1) is 11.8 Å². The molecule has 2 heteroatoms. The predicted octanol–water partition coefficient (Wildman–Crippen LogP) is 2.72. The maximum absolute atomic E-state index is 9.85. The van der Waals surface area contributed by atoms with Crippen molar-refractivity contribution in [3.8, 4) is 0 Å². The number of ether oxygens (including phenoxy) is 1. The van der Waals surface area contributed by atoms with Crippen LogP contribution in [0.15, 0.2) is 12.7 Å². The summed E-state index contributed by atoms with van der Waals surface area (Å²) in [5, 5.41) is 9.85. The van der Waals surface area contributed by atoms with E-state index in [0.29, 0.717) is 11.8 Å². The summed E-state index contributed by atoms with van der Waals surface area (Å²) in [5.41, 5.74) is 0. The van der Waals surface area contributed by atoms with Crippen molar-refractivity contribution < 1.29 is 9.84 Å². The van der Waals surface area contributed by atoms with Crippen LogP contribution in [0.25, 0.3) is 0 Å². The highest BCUT2D eigenvalue weighted by Gasteiger charge is 2.37. The van der Waals surface area contributed by atoms with Crippen molar-refractivity contribution >= 4 is 0 Å². The van der Waals surface area contributed by atoms with Gasteiger partial charge in [0.1, 0.15) is 0 Å². The fourth-order valence-corrected chi connectivity index (χ4v) is 2.17. The van der Waals surface area contributed by atoms with Gasteiger partial charge in [0, 0.05) is 12.3 Å². The maximum atomic E-state index is 9.85. The third-order valence-corrected chi connectivity index (χ3v) is 3.21. The Hall–Kier alpha value is -0.340. The topological polar surface area (TPSA) is 29.5 Å². The first kappa shape index (κ1) is 11.7. The summed E-state index contributed by atoms with van der Waals surface area (Å²) in [6.45, 7) is 9.90. The molecule has 1 fully saturated rings. The summed E-state index contributed by atoms with van der Waals surface area (Å²) in [6.07, 6.45) is 4.86. The lowest BCUT2D eigenvalue weighted by molar-refractivity contribution is -0.262. The van der Waals surface area contributed by atoms with E-state index in [0.717, 1.165) is 19.3 Å². The van der Waals surface area contributed by atoms with Crippen molar-refractivity contribution in [1.29, 1.82) is 0 Å². The number of hydrogen-bond donors (Lipinski definition) is 1. The van der Waals surface area contributed by atoms with Gasteiger partial charge in [-0.05, 0) is 25.7 Å². The van der Waals surface area contributed by atoms with Crippen LogP contribution in [0.4, 0.5) is 0 Å². The Labute approximate surface area is 87.0 Å². The molecular weight excluding hydrogens is 176 g/mol. The van der Waals surface area contributed by atoms with E-state index in [1.54, 1.807) is 6.92 Å². The van der Waals surface area contributed by atoms with Crippen LogP contribution in [-0.4, -0.2) is 17.0 Å². The van der Waals surface area contributed by atoms with Crippen molar-refractivity contribution in [2.75, 3.05) is 0 Å². The first-order chi connectivity index (χ1) is 6.50. The molecule has 0 aromatic carbocycles. The molecule has 0 aromatic heterocycles. The molecule has 2 nitrogen and oxygen atoms in total. The highest BCUT2D eigenvalue weighted by atomic mass is 16.6. The molecule has 1 heterocycles. The Morgan fingerprint density at radius 3 is 2.86 bits per heavy atom. The van der Waals surface area contributed by atoms with Gasteiger partial charge in [-0.3, -0.25) is 0 Å². The minimum atomic E-state index is -0.937. The van der Waals surface area contributed by atoms with E-state index < -0.39 is 5.79 Å². The van der Waals surface area contributed by atoms with Crippen LogP contribution in [0.1, 0.15) is 40.0 Å². The zero-order valence-electron chi connectivity index (χ0n) is 9.49. The van der Waals surface area contributed by atoms with E-state index >= 15 is 0 Å². The van der Waals surface area contributed by atoms with Gasteiger partial charge in [-0.15, -0.1) is 6.58 Å². The van der Waals surface area contributed by atoms with E-state index in [4.69, 9.17) is 4.74 Å². The molecule has 1 N–H and O–H groups in total. The molecular formula is C12H22O2. The lowest BCUT2D eigenvalue weighted by Gasteiger charge is -2.41. The van der Waals surface area contributed by atoms with Crippen LogP contribution in [0.2, 0.25) is 0 Å². The monoisotopic (exact) mass is 198 g/mol. The lowest BCUT2D eigenvalue weighted by atomic mass is 9.83. The SMILES string of the molecule is C=C[C@@H](CC)[C@@H]1OC(C)(O)CC[C@H]1C. The van der Waals surface area contributed by atoms with E-state index in [1.807, 2.05) is 6.08 Å². The van der Waals surface area contributed by atoms with Crippen molar-refractivity contribution in [3.05, 3.63) is 12.7 Å². The second kappa shape index (κ2) is 4.45. The largest absolute Gasteiger partial charge is 0.366 e. The second-order valence-corrected chi connectivity index (χ2v) is 4.58. The molecule has 0 bridgehead atoms. The lowest BCUT2D eigenvalue weighted by Crippen LogP contribution is -2.44. The molecule has 4 atom stereocenters. The van der Waals surface area contributed by atoms with Crippen LogP contribution < -0.4 is 0 Å².